The number of nitrogens with zero attached hydrogens (tertiary/aromatic N) is 2. The maximum atomic E-state index is 10.5. The standard InChI is InChI=1S/C11H17N3O2/c1-3-4-5-6-12-11-9(2)7-10(8-13-11)14(15)16/h7-8H,3-6H2,1-2H3,(H,12,13). The summed E-state index contributed by atoms with van der Waals surface area (Å²) in [6.07, 6.45) is 4.73. The van der Waals surface area contributed by atoms with Crippen LogP contribution in [0.4, 0.5) is 11.5 Å². The predicted octanol–water partition coefficient (Wildman–Crippen LogP) is 2.90. The van der Waals surface area contributed by atoms with Crippen molar-refractivity contribution in [3.63, 3.8) is 0 Å². The highest BCUT2D eigenvalue weighted by Crippen LogP contribution is 2.17. The highest BCUT2D eigenvalue weighted by Gasteiger charge is 2.08. The zero-order valence-electron chi connectivity index (χ0n) is 9.69. The largest absolute Gasteiger partial charge is 0.370 e. The summed E-state index contributed by atoms with van der Waals surface area (Å²) in [7, 11) is 0. The molecule has 0 aliphatic rings. The Bertz CT molecular complexity index is 366. The van der Waals surface area contributed by atoms with E-state index in [-0.39, 0.29) is 5.69 Å². The number of aryl methyl sites for hydroxylation is 1. The summed E-state index contributed by atoms with van der Waals surface area (Å²) in [6, 6.07) is 1.54. The third kappa shape index (κ3) is 3.49. The Morgan fingerprint density at radius 2 is 2.25 bits per heavy atom. The van der Waals surface area contributed by atoms with Gasteiger partial charge in [-0.3, -0.25) is 10.1 Å². The number of unbranched alkanes of at least 4 members (excludes halogenated alkanes) is 2. The Morgan fingerprint density at radius 1 is 1.50 bits per heavy atom. The first-order valence-corrected chi connectivity index (χ1v) is 5.50. The molecule has 1 aromatic rings. The number of nitro groups is 1. The van der Waals surface area contributed by atoms with Gasteiger partial charge in [0, 0.05) is 12.6 Å². The molecule has 0 bridgehead atoms. The Balaban J connectivity index is 2.57. The first kappa shape index (κ1) is 12.4. The van der Waals surface area contributed by atoms with E-state index in [0.717, 1.165) is 24.3 Å². The number of pyridine rings is 1. The topological polar surface area (TPSA) is 68.1 Å². The number of rotatable bonds is 6. The fourth-order valence-corrected chi connectivity index (χ4v) is 1.43. The van der Waals surface area contributed by atoms with Crippen molar-refractivity contribution in [2.45, 2.75) is 33.1 Å². The zero-order chi connectivity index (χ0) is 12.0. The van der Waals surface area contributed by atoms with Crippen LogP contribution in [0.25, 0.3) is 0 Å². The lowest BCUT2D eigenvalue weighted by atomic mass is 10.2. The molecule has 0 aliphatic carbocycles. The van der Waals surface area contributed by atoms with Crippen molar-refractivity contribution in [1.29, 1.82) is 0 Å². The SMILES string of the molecule is CCCCCNc1ncc([N+](=O)[O-])cc1C. The summed E-state index contributed by atoms with van der Waals surface area (Å²) in [6.45, 7) is 4.83. The van der Waals surface area contributed by atoms with Gasteiger partial charge in [0.2, 0.25) is 0 Å². The number of nitrogens with one attached hydrogen (secondary N) is 1. The lowest BCUT2D eigenvalue weighted by molar-refractivity contribution is -0.385. The van der Waals surface area contributed by atoms with E-state index in [1.54, 1.807) is 0 Å². The minimum absolute atomic E-state index is 0.0385. The first-order chi connectivity index (χ1) is 7.65. The molecule has 1 N–H and O–H groups in total. The van der Waals surface area contributed by atoms with Crippen LogP contribution < -0.4 is 5.32 Å². The van der Waals surface area contributed by atoms with E-state index in [9.17, 15) is 10.1 Å². The van der Waals surface area contributed by atoms with Gasteiger partial charge in [0.15, 0.2) is 0 Å². The summed E-state index contributed by atoms with van der Waals surface area (Å²) < 4.78 is 0. The maximum absolute atomic E-state index is 10.5. The van der Waals surface area contributed by atoms with Crippen LogP contribution in [0.3, 0.4) is 0 Å². The second kappa shape index (κ2) is 6.05. The zero-order valence-corrected chi connectivity index (χ0v) is 9.69. The van der Waals surface area contributed by atoms with Crippen LogP contribution in [0, 0.1) is 17.0 Å². The monoisotopic (exact) mass is 223 g/mol. The predicted molar refractivity (Wildman–Crippen MR) is 63.6 cm³/mol. The van der Waals surface area contributed by atoms with Gasteiger partial charge in [-0.1, -0.05) is 19.8 Å². The van der Waals surface area contributed by atoms with E-state index >= 15 is 0 Å². The highest BCUT2D eigenvalue weighted by molar-refractivity contribution is 5.48. The second-order valence-electron chi connectivity index (χ2n) is 3.75. The molecule has 5 heteroatoms. The molecule has 16 heavy (non-hydrogen) atoms. The molecule has 0 fully saturated rings. The molecule has 1 rings (SSSR count). The molecule has 0 amide bonds. The van der Waals surface area contributed by atoms with Crippen molar-refractivity contribution in [3.8, 4) is 0 Å². The third-order valence-corrected chi connectivity index (χ3v) is 2.35. The molecule has 0 radical (unpaired) electrons. The lowest BCUT2D eigenvalue weighted by Crippen LogP contribution is -2.05. The molecule has 0 spiro atoms. The van der Waals surface area contributed by atoms with Gasteiger partial charge in [0.05, 0.1) is 4.92 Å². The van der Waals surface area contributed by atoms with Crippen molar-refractivity contribution >= 4 is 11.5 Å². The third-order valence-electron chi connectivity index (χ3n) is 2.35. The second-order valence-corrected chi connectivity index (χ2v) is 3.75. The fourth-order valence-electron chi connectivity index (χ4n) is 1.43. The Hall–Kier alpha value is -1.65. The average molecular weight is 223 g/mol. The number of anilines is 1. The summed E-state index contributed by atoms with van der Waals surface area (Å²) in [5.74, 6) is 0.738. The van der Waals surface area contributed by atoms with Gasteiger partial charge in [-0.25, -0.2) is 4.98 Å². The van der Waals surface area contributed by atoms with Crippen molar-refractivity contribution in [2.24, 2.45) is 0 Å². The first-order valence-electron chi connectivity index (χ1n) is 5.50. The van der Waals surface area contributed by atoms with Gasteiger partial charge in [0.25, 0.3) is 5.69 Å². The molecular formula is C11H17N3O2. The molecule has 1 aromatic heterocycles. The van der Waals surface area contributed by atoms with Gasteiger partial charge in [-0.15, -0.1) is 0 Å². The molecule has 5 nitrogen and oxygen atoms in total. The van der Waals surface area contributed by atoms with Gasteiger partial charge in [-0.2, -0.15) is 0 Å². The summed E-state index contributed by atoms with van der Waals surface area (Å²) >= 11 is 0. The van der Waals surface area contributed by atoms with Gasteiger partial charge >= 0.3 is 0 Å². The van der Waals surface area contributed by atoms with Crippen LogP contribution in [0.5, 0.6) is 0 Å². The fraction of sp³-hybridized carbons (Fsp3) is 0.545. The van der Waals surface area contributed by atoms with Crippen LogP contribution in [0.1, 0.15) is 31.7 Å². The Morgan fingerprint density at radius 3 is 2.81 bits per heavy atom. The van der Waals surface area contributed by atoms with E-state index < -0.39 is 4.92 Å². The summed E-state index contributed by atoms with van der Waals surface area (Å²) in [5.41, 5.74) is 0.849. The number of hydrogen-bond acceptors (Lipinski definition) is 4. The Labute approximate surface area is 95.0 Å². The molecule has 0 aliphatic heterocycles. The van der Waals surface area contributed by atoms with E-state index in [4.69, 9.17) is 0 Å². The molecule has 0 unspecified atom stereocenters. The summed E-state index contributed by atoms with van der Waals surface area (Å²) in [4.78, 5) is 14.1. The van der Waals surface area contributed by atoms with Crippen molar-refractivity contribution in [1.82, 2.24) is 4.98 Å². The quantitative estimate of drug-likeness (QED) is 0.457. The van der Waals surface area contributed by atoms with E-state index in [1.165, 1.54) is 25.1 Å². The van der Waals surface area contributed by atoms with Crippen molar-refractivity contribution in [2.75, 3.05) is 11.9 Å². The summed E-state index contributed by atoms with van der Waals surface area (Å²) in [5, 5.41) is 13.7. The lowest BCUT2D eigenvalue weighted by Gasteiger charge is -2.07. The number of aromatic nitrogens is 1. The molecular weight excluding hydrogens is 206 g/mol. The normalized spacial score (nSPS) is 10.1. The minimum atomic E-state index is -0.430. The van der Waals surface area contributed by atoms with Crippen LogP contribution in [-0.2, 0) is 0 Å². The van der Waals surface area contributed by atoms with Gasteiger partial charge < -0.3 is 5.32 Å². The molecule has 0 atom stereocenters. The Kier molecular flexibility index (Phi) is 4.69. The van der Waals surface area contributed by atoms with Crippen LogP contribution in [-0.4, -0.2) is 16.5 Å². The maximum Gasteiger partial charge on any atom is 0.287 e. The van der Waals surface area contributed by atoms with Crippen molar-refractivity contribution in [3.05, 3.63) is 27.9 Å². The van der Waals surface area contributed by atoms with Gasteiger partial charge in [-0.05, 0) is 18.9 Å². The van der Waals surface area contributed by atoms with E-state index in [1.807, 2.05) is 6.92 Å². The molecule has 0 saturated heterocycles. The smallest absolute Gasteiger partial charge is 0.287 e. The highest BCUT2D eigenvalue weighted by atomic mass is 16.6. The van der Waals surface area contributed by atoms with Gasteiger partial charge in [0.1, 0.15) is 12.0 Å². The van der Waals surface area contributed by atoms with E-state index in [0.29, 0.717) is 0 Å². The molecule has 88 valence electrons. The minimum Gasteiger partial charge on any atom is -0.370 e. The van der Waals surface area contributed by atoms with Crippen LogP contribution in [0.15, 0.2) is 12.3 Å². The molecule has 0 aromatic carbocycles. The van der Waals surface area contributed by atoms with Crippen molar-refractivity contribution < 1.29 is 4.92 Å². The van der Waals surface area contributed by atoms with Crippen LogP contribution in [0.2, 0.25) is 0 Å². The van der Waals surface area contributed by atoms with E-state index in [2.05, 4.69) is 17.2 Å². The van der Waals surface area contributed by atoms with Crippen LogP contribution >= 0.6 is 0 Å². The molecule has 1 heterocycles. The average Bonchev–Trinajstić information content (AvgIpc) is 2.26. The number of hydrogen-bond donors (Lipinski definition) is 1. The molecule has 0 saturated carbocycles.